The summed E-state index contributed by atoms with van der Waals surface area (Å²) in [6.07, 6.45) is 4.13. The first-order valence-electron chi connectivity index (χ1n) is 6.45. The van der Waals surface area contributed by atoms with E-state index in [9.17, 15) is 9.18 Å². The highest BCUT2D eigenvalue weighted by Gasteiger charge is 2.28. The molecule has 1 aliphatic heterocycles. The van der Waals surface area contributed by atoms with E-state index in [-0.39, 0.29) is 17.0 Å². The first-order valence-corrected chi connectivity index (χ1v) is 7.95. The molecule has 1 aliphatic rings. The van der Waals surface area contributed by atoms with Crippen molar-refractivity contribution in [1.29, 1.82) is 0 Å². The highest BCUT2D eigenvalue weighted by molar-refractivity contribution is 9.09. The predicted octanol–water partition coefficient (Wildman–Crippen LogP) is 4.26. The fourth-order valence-electron chi connectivity index (χ4n) is 2.51. The van der Waals surface area contributed by atoms with Gasteiger partial charge in [0.25, 0.3) is 5.91 Å². The molecular formula is C14H16BrClFNO. The molecule has 0 bridgehead atoms. The maximum absolute atomic E-state index is 13.0. The molecule has 2 rings (SSSR count). The Morgan fingerprint density at radius 2 is 2.26 bits per heavy atom. The van der Waals surface area contributed by atoms with Crippen molar-refractivity contribution in [2.45, 2.75) is 31.7 Å². The number of halogens is 3. The van der Waals surface area contributed by atoms with E-state index in [1.54, 1.807) is 0 Å². The van der Waals surface area contributed by atoms with Crippen molar-refractivity contribution in [2.75, 3.05) is 11.9 Å². The number of rotatable bonds is 3. The molecule has 0 aliphatic carbocycles. The Kier molecular flexibility index (Phi) is 5.22. The number of piperidine rings is 1. The number of amides is 1. The van der Waals surface area contributed by atoms with Crippen LogP contribution in [0.25, 0.3) is 0 Å². The largest absolute Gasteiger partial charge is 0.336 e. The van der Waals surface area contributed by atoms with E-state index in [1.165, 1.54) is 18.2 Å². The first kappa shape index (κ1) is 14.8. The molecule has 1 unspecified atom stereocenters. The van der Waals surface area contributed by atoms with Gasteiger partial charge in [0.2, 0.25) is 0 Å². The van der Waals surface area contributed by atoms with Crippen LogP contribution in [0.2, 0.25) is 5.02 Å². The highest BCUT2D eigenvalue weighted by Crippen LogP contribution is 2.25. The number of nitrogens with zero attached hydrogens (tertiary/aromatic N) is 1. The summed E-state index contributed by atoms with van der Waals surface area (Å²) in [5, 5.41) is 1.06. The van der Waals surface area contributed by atoms with Gasteiger partial charge in [0.1, 0.15) is 5.82 Å². The van der Waals surface area contributed by atoms with Crippen LogP contribution in [-0.2, 0) is 0 Å². The van der Waals surface area contributed by atoms with Crippen molar-refractivity contribution < 1.29 is 9.18 Å². The molecule has 0 saturated carbocycles. The number of benzene rings is 1. The lowest BCUT2D eigenvalue weighted by molar-refractivity contribution is 0.0610. The van der Waals surface area contributed by atoms with Crippen molar-refractivity contribution in [3.8, 4) is 0 Å². The standard InChI is InChI=1S/C14H16BrClFNO/c15-7-6-11-3-1-2-8-18(11)14(19)12-5-4-10(17)9-13(12)16/h4-5,9,11H,1-3,6-8H2. The molecule has 1 heterocycles. The van der Waals surface area contributed by atoms with Gasteiger partial charge in [-0.1, -0.05) is 27.5 Å². The molecule has 1 fully saturated rings. The Balaban J connectivity index is 2.21. The number of likely N-dealkylation sites (tertiary alicyclic amines) is 1. The molecule has 1 aromatic rings. The van der Waals surface area contributed by atoms with Crippen molar-refractivity contribution in [3.05, 3.63) is 34.6 Å². The van der Waals surface area contributed by atoms with Crippen molar-refractivity contribution in [2.24, 2.45) is 0 Å². The third-order valence-corrected chi connectivity index (χ3v) is 4.26. The Hall–Kier alpha value is -0.610. The second-order valence-corrected chi connectivity index (χ2v) is 5.95. The first-order chi connectivity index (χ1) is 9.13. The van der Waals surface area contributed by atoms with Crippen LogP contribution in [-0.4, -0.2) is 28.7 Å². The lowest BCUT2D eigenvalue weighted by Crippen LogP contribution is -2.44. The predicted molar refractivity (Wildman–Crippen MR) is 78.5 cm³/mol. The summed E-state index contributed by atoms with van der Waals surface area (Å²) in [7, 11) is 0. The van der Waals surface area contributed by atoms with Crippen LogP contribution in [0.4, 0.5) is 4.39 Å². The van der Waals surface area contributed by atoms with Crippen LogP contribution in [0.5, 0.6) is 0 Å². The monoisotopic (exact) mass is 347 g/mol. The van der Waals surface area contributed by atoms with E-state index < -0.39 is 5.82 Å². The Bertz CT molecular complexity index is 467. The van der Waals surface area contributed by atoms with E-state index in [0.29, 0.717) is 5.56 Å². The molecule has 19 heavy (non-hydrogen) atoms. The molecule has 5 heteroatoms. The van der Waals surface area contributed by atoms with Gasteiger partial charge in [-0.15, -0.1) is 0 Å². The molecule has 2 nitrogen and oxygen atoms in total. The molecule has 0 N–H and O–H groups in total. The third kappa shape index (κ3) is 3.48. The van der Waals surface area contributed by atoms with Gasteiger partial charge < -0.3 is 4.90 Å². The average Bonchev–Trinajstić information content (AvgIpc) is 2.39. The van der Waals surface area contributed by atoms with Crippen LogP contribution in [0, 0.1) is 5.82 Å². The molecule has 1 atom stereocenters. The van der Waals surface area contributed by atoms with Crippen molar-refractivity contribution in [1.82, 2.24) is 4.90 Å². The minimum Gasteiger partial charge on any atom is -0.336 e. The summed E-state index contributed by atoms with van der Waals surface area (Å²) in [5.74, 6) is -0.507. The second-order valence-electron chi connectivity index (χ2n) is 4.75. The summed E-state index contributed by atoms with van der Waals surface area (Å²) in [4.78, 5) is 14.4. The van der Waals surface area contributed by atoms with Gasteiger partial charge >= 0.3 is 0 Å². The van der Waals surface area contributed by atoms with Crippen LogP contribution in [0.3, 0.4) is 0 Å². The Morgan fingerprint density at radius 3 is 2.95 bits per heavy atom. The highest BCUT2D eigenvalue weighted by atomic mass is 79.9. The molecular weight excluding hydrogens is 333 g/mol. The minimum atomic E-state index is -0.419. The molecule has 1 saturated heterocycles. The van der Waals surface area contributed by atoms with Gasteiger partial charge in [-0.3, -0.25) is 4.79 Å². The van der Waals surface area contributed by atoms with Crippen LogP contribution in [0.1, 0.15) is 36.0 Å². The minimum absolute atomic E-state index is 0.0874. The van der Waals surface area contributed by atoms with E-state index in [1.807, 2.05) is 4.90 Å². The van der Waals surface area contributed by atoms with E-state index in [0.717, 1.165) is 37.6 Å². The van der Waals surface area contributed by atoms with Gasteiger partial charge in [0.05, 0.1) is 10.6 Å². The second kappa shape index (κ2) is 6.71. The SMILES string of the molecule is O=C(c1ccc(F)cc1Cl)N1CCCCC1CCBr. The molecule has 104 valence electrons. The molecule has 0 aromatic heterocycles. The Morgan fingerprint density at radius 1 is 1.47 bits per heavy atom. The maximum Gasteiger partial charge on any atom is 0.255 e. The van der Waals surface area contributed by atoms with Gasteiger partial charge in [-0.05, 0) is 43.9 Å². The van der Waals surface area contributed by atoms with E-state index >= 15 is 0 Å². The molecule has 1 aromatic carbocycles. The van der Waals surface area contributed by atoms with E-state index in [2.05, 4.69) is 15.9 Å². The number of hydrogen-bond donors (Lipinski definition) is 0. The average molecular weight is 349 g/mol. The lowest BCUT2D eigenvalue weighted by Gasteiger charge is -2.35. The van der Waals surface area contributed by atoms with Gasteiger partial charge in [0.15, 0.2) is 0 Å². The van der Waals surface area contributed by atoms with Gasteiger partial charge in [0, 0.05) is 17.9 Å². The Labute approximate surface area is 126 Å². The van der Waals surface area contributed by atoms with Crippen LogP contribution >= 0.6 is 27.5 Å². The topological polar surface area (TPSA) is 20.3 Å². The molecule has 1 amide bonds. The lowest BCUT2D eigenvalue weighted by atomic mass is 9.99. The summed E-state index contributed by atoms with van der Waals surface area (Å²) in [6, 6.07) is 4.20. The van der Waals surface area contributed by atoms with Crippen molar-refractivity contribution in [3.63, 3.8) is 0 Å². The molecule has 0 radical (unpaired) electrons. The normalized spacial score (nSPS) is 19.5. The zero-order valence-corrected chi connectivity index (χ0v) is 12.9. The zero-order chi connectivity index (χ0) is 13.8. The van der Waals surface area contributed by atoms with Crippen LogP contribution < -0.4 is 0 Å². The fraction of sp³-hybridized carbons (Fsp3) is 0.500. The number of hydrogen-bond acceptors (Lipinski definition) is 1. The van der Waals surface area contributed by atoms with Crippen LogP contribution in [0.15, 0.2) is 18.2 Å². The van der Waals surface area contributed by atoms with E-state index in [4.69, 9.17) is 11.6 Å². The summed E-state index contributed by atoms with van der Waals surface area (Å²) in [6.45, 7) is 0.754. The molecule has 0 spiro atoms. The van der Waals surface area contributed by atoms with Crippen molar-refractivity contribution >= 4 is 33.4 Å². The maximum atomic E-state index is 13.0. The quantitative estimate of drug-likeness (QED) is 0.747. The summed E-state index contributed by atoms with van der Waals surface area (Å²) < 4.78 is 13.0. The van der Waals surface area contributed by atoms with Gasteiger partial charge in [-0.2, -0.15) is 0 Å². The number of carbonyl (C=O) groups is 1. The number of carbonyl (C=O) groups excluding carboxylic acids is 1. The summed E-state index contributed by atoms with van der Waals surface area (Å²) >= 11 is 9.40. The zero-order valence-electron chi connectivity index (χ0n) is 10.5. The fourth-order valence-corrected chi connectivity index (χ4v) is 3.29. The van der Waals surface area contributed by atoms with Gasteiger partial charge in [-0.25, -0.2) is 4.39 Å². The third-order valence-electron chi connectivity index (χ3n) is 3.49. The number of alkyl halides is 1. The smallest absolute Gasteiger partial charge is 0.255 e. The summed E-state index contributed by atoms with van der Waals surface area (Å²) in [5.41, 5.74) is 0.393.